The minimum Gasteiger partial charge on any atom is -0.489 e. The van der Waals surface area contributed by atoms with Crippen LogP contribution in [0.2, 0.25) is 0 Å². The highest BCUT2D eigenvalue weighted by Crippen LogP contribution is 2.16. The Labute approximate surface area is 106 Å². The van der Waals surface area contributed by atoms with E-state index in [4.69, 9.17) is 19.3 Å². The van der Waals surface area contributed by atoms with Gasteiger partial charge in [0.25, 0.3) is 0 Å². The third kappa shape index (κ3) is 4.68. The van der Waals surface area contributed by atoms with E-state index in [1.54, 1.807) is 26.2 Å². The largest absolute Gasteiger partial charge is 0.489 e. The second-order valence-electron chi connectivity index (χ2n) is 3.56. The van der Waals surface area contributed by atoms with E-state index in [1.807, 2.05) is 0 Å². The minimum atomic E-state index is -1.10. The summed E-state index contributed by atoms with van der Waals surface area (Å²) in [6.45, 7) is 3.37. The zero-order valence-corrected chi connectivity index (χ0v) is 10.5. The first kappa shape index (κ1) is 14.4. The predicted octanol–water partition coefficient (Wildman–Crippen LogP) is 1.13. The molecular formula is C12H17NO5. The van der Waals surface area contributed by atoms with Gasteiger partial charge in [0.05, 0.1) is 19.8 Å². The first-order valence-corrected chi connectivity index (χ1v) is 5.55. The molecule has 0 saturated heterocycles. The number of ether oxygens (including phenoxy) is 3. The van der Waals surface area contributed by atoms with Crippen molar-refractivity contribution in [1.82, 2.24) is 4.98 Å². The molecule has 6 heteroatoms. The summed E-state index contributed by atoms with van der Waals surface area (Å²) in [6.07, 6.45) is 0. The lowest BCUT2D eigenvalue weighted by atomic mass is 10.3. The minimum absolute atomic E-state index is 0.0770. The number of aromatic nitrogens is 1. The van der Waals surface area contributed by atoms with Crippen molar-refractivity contribution in [3.05, 3.63) is 23.5 Å². The maximum absolute atomic E-state index is 11.0. The predicted molar refractivity (Wildman–Crippen MR) is 64.1 cm³/mol. The number of nitrogens with zero attached hydrogens (tertiary/aromatic N) is 1. The van der Waals surface area contributed by atoms with Gasteiger partial charge in [-0.3, -0.25) is 0 Å². The zero-order valence-electron chi connectivity index (χ0n) is 10.5. The first-order valence-electron chi connectivity index (χ1n) is 5.55. The average Bonchev–Trinajstić information content (AvgIpc) is 2.35. The highest BCUT2D eigenvalue weighted by Gasteiger charge is 2.13. The highest BCUT2D eigenvalue weighted by molar-refractivity contribution is 5.88. The smallest absolute Gasteiger partial charge is 0.358 e. The summed E-state index contributed by atoms with van der Waals surface area (Å²) < 4.78 is 15.3. The van der Waals surface area contributed by atoms with E-state index in [-0.39, 0.29) is 18.1 Å². The van der Waals surface area contributed by atoms with Gasteiger partial charge >= 0.3 is 5.97 Å². The molecule has 0 aliphatic heterocycles. The van der Waals surface area contributed by atoms with Crippen LogP contribution < -0.4 is 4.74 Å². The third-order valence-corrected chi connectivity index (χ3v) is 2.12. The van der Waals surface area contributed by atoms with Crippen LogP contribution in [0.3, 0.4) is 0 Å². The van der Waals surface area contributed by atoms with Gasteiger partial charge in [0.1, 0.15) is 6.61 Å². The second-order valence-corrected chi connectivity index (χ2v) is 3.56. The zero-order chi connectivity index (χ0) is 13.4. The Bertz CT molecular complexity index is 394. The van der Waals surface area contributed by atoms with Crippen molar-refractivity contribution in [1.29, 1.82) is 0 Å². The summed E-state index contributed by atoms with van der Waals surface area (Å²) in [7, 11) is 1.59. The van der Waals surface area contributed by atoms with Crippen LogP contribution in [0.4, 0.5) is 0 Å². The number of aryl methyl sites for hydroxylation is 1. The molecule has 0 fully saturated rings. The van der Waals surface area contributed by atoms with Crippen molar-refractivity contribution in [2.45, 2.75) is 6.92 Å². The molecule has 0 aliphatic rings. The van der Waals surface area contributed by atoms with Gasteiger partial charge < -0.3 is 19.3 Å². The number of pyridine rings is 1. The molecule has 0 amide bonds. The maximum Gasteiger partial charge on any atom is 0.358 e. The summed E-state index contributed by atoms with van der Waals surface area (Å²) in [5.41, 5.74) is 0.558. The Morgan fingerprint density at radius 2 is 2.00 bits per heavy atom. The molecule has 0 bridgehead atoms. The van der Waals surface area contributed by atoms with Crippen molar-refractivity contribution in [2.75, 3.05) is 33.5 Å². The van der Waals surface area contributed by atoms with Crippen LogP contribution in [0.5, 0.6) is 5.75 Å². The Balaban J connectivity index is 2.44. The van der Waals surface area contributed by atoms with Crippen molar-refractivity contribution in [3.63, 3.8) is 0 Å². The second kappa shape index (κ2) is 7.62. The first-order chi connectivity index (χ1) is 8.65. The molecule has 1 N–H and O–H groups in total. The van der Waals surface area contributed by atoms with Crippen molar-refractivity contribution in [2.24, 2.45) is 0 Å². The number of carbonyl (C=O) groups is 1. The van der Waals surface area contributed by atoms with Crippen LogP contribution in [0.25, 0.3) is 0 Å². The normalized spacial score (nSPS) is 10.3. The van der Waals surface area contributed by atoms with E-state index in [0.717, 1.165) is 0 Å². The number of methoxy groups -OCH3 is 1. The molecule has 0 spiro atoms. The van der Waals surface area contributed by atoms with E-state index >= 15 is 0 Å². The van der Waals surface area contributed by atoms with E-state index in [9.17, 15) is 4.79 Å². The van der Waals surface area contributed by atoms with Crippen LogP contribution in [0.15, 0.2) is 12.1 Å². The van der Waals surface area contributed by atoms with Crippen LogP contribution in [0.1, 0.15) is 16.2 Å². The van der Waals surface area contributed by atoms with Crippen molar-refractivity contribution >= 4 is 5.97 Å². The molecule has 0 saturated carbocycles. The quantitative estimate of drug-likeness (QED) is 0.702. The molecule has 18 heavy (non-hydrogen) atoms. The monoisotopic (exact) mass is 255 g/mol. The lowest BCUT2D eigenvalue weighted by molar-refractivity contribution is 0.0533. The summed E-state index contributed by atoms with van der Waals surface area (Å²) in [4.78, 5) is 14.9. The van der Waals surface area contributed by atoms with E-state index < -0.39 is 5.97 Å². The lowest BCUT2D eigenvalue weighted by Gasteiger charge is -2.09. The van der Waals surface area contributed by atoms with Crippen LogP contribution in [-0.4, -0.2) is 49.6 Å². The Hall–Kier alpha value is -1.66. The summed E-state index contributed by atoms with van der Waals surface area (Å²) in [5.74, 6) is -0.850. The highest BCUT2D eigenvalue weighted by atomic mass is 16.5. The number of carboxylic acids is 1. The fourth-order valence-electron chi connectivity index (χ4n) is 1.27. The molecule has 1 aromatic rings. The average molecular weight is 255 g/mol. The SMILES string of the molecule is COCCOCCOc1ccc(C)nc1C(=O)O. The van der Waals surface area contributed by atoms with Gasteiger partial charge in [-0.25, -0.2) is 9.78 Å². The summed E-state index contributed by atoms with van der Waals surface area (Å²) >= 11 is 0. The van der Waals surface area contributed by atoms with E-state index in [0.29, 0.717) is 25.5 Å². The standard InChI is InChI=1S/C12H17NO5/c1-9-3-4-10(11(13-9)12(14)15)18-8-7-17-6-5-16-2/h3-4H,5-8H2,1-2H3,(H,14,15). The Morgan fingerprint density at radius 1 is 1.28 bits per heavy atom. The molecule has 0 aromatic carbocycles. The van der Waals surface area contributed by atoms with Crippen LogP contribution in [-0.2, 0) is 9.47 Å². The lowest BCUT2D eigenvalue weighted by Crippen LogP contribution is -2.12. The maximum atomic E-state index is 11.0. The number of aromatic carboxylic acids is 1. The number of hydrogen-bond acceptors (Lipinski definition) is 5. The molecular weight excluding hydrogens is 238 g/mol. The molecule has 0 radical (unpaired) electrons. The molecule has 100 valence electrons. The van der Waals surface area contributed by atoms with Gasteiger partial charge in [0.2, 0.25) is 0 Å². The number of rotatable bonds is 8. The summed E-state index contributed by atoms with van der Waals surface area (Å²) in [6, 6.07) is 3.30. The van der Waals surface area contributed by atoms with Gasteiger partial charge in [0, 0.05) is 12.8 Å². The molecule has 0 unspecified atom stereocenters. The van der Waals surface area contributed by atoms with Crippen molar-refractivity contribution < 1.29 is 24.1 Å². The van der Waals surface area contributed by atoms with Crippen LogP contribution >= 0.6 is 0 Å². The van der Waals surface area contributed by atoms with Gasteiger partial charge in [-0.05, 0) is 19.1 Å². The number of hydrogen-bond donors (Lipinski definition) is 1. The topological polar surface area (TPSA) is 77.9 Å². The molecule has 1 heterocycles. The molecule has 0 atom stereocenters. The van der Waals surface area contributed by atoms with Gasteiger partial charge in [-0.2, -0.15) is 0 Å². The fraction of sp³-hybridized carbons (Fsp3) is 0.500. The third-order valence-electron chi connectivity index (χ3n) is 2.12. The van der Waals surface area contributed by atoms with Crippen molar-refractivity contribution in [3.8, 4) is 5.75 Å². The van der Waals surface area contributed by atoms with Gasteiger partial charge in [0.15, 0.2) is 11.4 Å². The Morgan fingerprint density at radius 3 is 2.67 bits per heavy atom. The Kier molecular flexibility index (Phi) is 6.10. The molecule has 6 nitrogen and oxygen atoms in total. The fourth-order valence-corrected chi connectivity index (χ4v) is 1.27. The molecule has 1 rings (SSSR count). The van der Waals surface area contributed by atoms with E-state index in [1.165, 1.54) is 0 Å². The number of carboxylic acid groups (broad SMARTS) is 1. The van der Waals surface area contributed by atoms with Gasteiger partial charge in [-0.15, -0.1) is 0 Å². The summed E-state index contributed by atoms with van der Waals surface area (Å²) in [5, 5.41) is 8.97. The van der Waals surface area contributed by atoms with E-state index in [2.05, 4.69) is 4.98 Å². The van der Waals surface area contributed by atoms with Crippen LogP contribution in [0, 0.1) is 6.92 Å². The molecule has 0 aliphatic carbocycles. The molecule has 1 aromatic heterocycles. The van der Waals surface area contributed by atoms with Gasteiger partial charge in [-0.1, -0.05) is 0 Å².